The van der Waals surface area contributed by atoms with E-state index in [4.69, 9.17) is 37.0 Å². The van der Waals surface area contributed by atoms with E-state index in [2.05, 4.69) is 0 Å². The number of benzene rings is 2. The van der Waals surface area contributed by atoms with Crippen LogP contribution < -0.4 is 11.5 Å². The van der Waals surface area contributed by atoms with Crippen molar-refractivity contribution in [3.63, 3.8) is 0 Å². The Morgan fingerprint density at radius 2 is 1.36 bits per heavy atom. The zero-order valence-corrected chi connectivity index (χ0v) is 13.5. The molecule has 0 spiro atoms. The van der Waals surface area contributed by atoms with Gasteiger partial charge in [-0.25, -0.2) is 0 Å². The molecule has 0 radical (unpaired) electrons. The number of hydrogen-bond donors (Lipinski definition) is 7. The molecule has 0 fully saturated rings. The SMILES string of the molecule is NC(Cc1ccc(O)c(O)c1)C(=O)O.NCCc1ccc(O)c(O)c1. The highest BCUT2D eigenvalue weighted by Gasteiger charge is 2.12. The number of nitrogens with two attached hydrogens (primary N) is 2. The standard InChI is InChI=1S/C9H11NO4.C8H11NO2/c10-6(9(13)14)3-5-1-2-7(11)8(12)4-5;9-4-3-6-1-2-7(10)8(11)5-6/h1-2,4,6,11-12H,3,10H2,(H,13,14);1-2,5,10-11H,3-4,9H2. The average molecular weight is 350 g/mol. The van der Waals surface area contributed by atoms with Crippen LogP contribution in [0.25, 0.3) is 0 Å². The largest absolute Gasteiger partial charge is 0.504 e. The first-order valence-electron chi connectivity index (χ1n) is 7.44. The summed E-state index contributed by atoms with van der Waals surface area (Å²) in [6.45, 7) is 0.546. The quantitative estimate of drug-likeness (QED) is 0.385. The minimum Gasteiger partial charge on any atom is -0.504 e. The summed E-state index contributed by atoms with van der Waals surface area (Å²) in [5.41, 5.74) is 12.1. The van der Waals surface area contributed by atoms with Gasteiger partial charge < -0.3 is 37.0 Å². The zero-order valence-electron chi connectivity index (χ0n) is 13.5. The van der Waals surface area contributed by atoms with Gasteiger partial charge >= 0.3 is 5.97 Å². The Morgan fingerprint density at radius 3 is 1.80 bits per heavy atom. The van der Waals surface area contributed by atoms with Crippen LogP contribution in [0.2, 0.25) is 0 Å². The Labute approximate surface area is 144 Å². The minimum atomic E-state index is -1.10. The van der Waals surface area contributed by atoms with Crippen molar-refractivity contribution >= 4 is 5.97 Å². The first-order valence-corrected chi connectivity index (χ1v) is 7.44. The van der Waals surface area contributed by atoms with E-state index >= 15 is 0 Å². The van der Waals surface area contributed by atoms with Crippen molar-refractivity contribution in [2.75, 3.05) is 6.54 Å². The van der Waals surface area contributed by atoms with E-state index in [0.29, 0.717) is 18.5 Å². The van der Waals surface area contributed by atoms with Crippen LogP contribution in [0, 0.1) is 0 Å². The van der Waals surface area contributed by atoms with Crippen molar-refractivity contribution in [1.29, 1.82) is 0 Å². The Bertz CT molecular complexity index is 720. The fourth-order valence-corrected chi connectivity index (χ4v) is 1.93. The van der Waals surface area contributed by atoms with Gasteiger partial charge in [0.2, 0.25) is 0 Å². The summed E-state index contributed by atoms with van der Waals surface area (Å²) in [7, 11) is 0. The van der Waals surface area contributed by atoms with E-state index in [1.54, 1.807) is 6.07 Å². The lowest BCUT2D eigenvalue weighted by Gasteiger charge is -2.06. The number of aromatic hydroxyl groups is 4. The van der Waals surface area contributed by atoms with Crippen molar-refractivity contribution in [1.82, 2.24) is 0 Å². The lowest BCUT2D eigenvalue weighted by atomic mass is 10.1. The highest BCUT2D eigenvalue weighted by molar-refractivity contribution is 5.73. The second-order valence-corrected chi connectivity index (χ2v) is 5.33. The predicted molar refractivity (Wildman–Crippen MR) is 91.6 cm³/mol. The lowest BCUT2D eigenvalue weighted by molar-refractivity contribution is -0.138. The topological polar surface area (TPSA) is 170 Å². The molecule has 136 valence electrons. The fourth-order valence-electron chi connectivity index (χ4n) is 1.93. The van der Waals surface area contributed by atoms with Gasteiger partial charge in [-0.1, -0.05) is 12.1 Å². The number of carbonyl (C=O) groups is 1. The van der Waals surface area contributed by atoms with Crippen molar-refractivity contribution in [3.8, 4) is 23.0 Å². The van der Waals surface area contributed by atoms with Crippen LogP contribution in [0.4, 0.5) is 0 Å². The zero-order chi connectivity index (χ0) is 19.0. The molecule has 25 heavy (non-hydrogen) atoms. The van der Waals surface area contributed by atoms with Crippen LogP contribution in [-0.4, -0.2) is 44.1 Å². The third-order valence-electron chi connectivity index (χ3n) is 3.29. The summed E-state index contributed by atoms with van der Waals surface area (Å²) in [5.74, 6) is -1.79. The molecule has 0 aliphatic rings. The normalized spacial score (nSPS) is 11.3. The molecule has 8 heteroatoms. The molecule has 2 aromatic rings. The molecule has 2 aromatic carbocycles. The van der Waals surface area contributed by atoms with Gasteiger partial charge in [-0.05, 0) is 54.8 Å². The molecule has 0 saturated heterocycles. The Hall–Kier alpha value is -2.97. The van der Waals surface area contributed by atoms with Crippen molar-refractivity contribution < 1.29 is 30.3 Å². The average Bonchev–Trinajstić information content (AvgIpc) is 2.55. The summed E-state index contributed by atoms with van der Waals surface area (Å²) >= 11 is 0. The number of phenols is 4. The summed E-state index contributed by atoms with van der Waals surface area (Å²) in [4.78, 5) is 10.4. The summed E-state index contributed by atoms with van der Waals surface area (Å²) in [6.07, 6.45) is 0.830. The van der Waals surface area contributed by atoms with E-state index in [1.165, 1.54) is 30.3 Å². The smallest absolute Gasteiger partial charge is 0.320 e. The molecule has 2 rings (SSSR count). The molecule has 8 nitrogen and oxygen atoms in total. The number of rotatable bonds is 5. The van der Waals surface area contributed by atoms with Crippen molar-refractivity contribution in [3.05, 3.63) is 47.5 Å². The monoisotopic (exact) mass is 350 g/mol. The summed E-state index contributed by atoms with van der Waals surface area (Å²) in [5, 5.41) is 44.6. The lowest BCUT2D eigenvalue weighted by Crippen LogP contribution is -2.32. The van der Waals surface area contributed by atoms with Gasteiger partial charge in [0.15, 0.2) is 23.0 Å². The van der Waals surface area contributed by atoms with Gasteiger partial charge in [0.1, 0.15) is 6.04 Å². The van der Waals surface area contributed by atoms with Gasteiger partial charge in [-0.2, -0.15) is 0 Å². The van der Waals surface area contributed by atoms with Crippen molar-refractivity contribution in [2.45, 2.75) is 18.9 Å². The van der Waals surface area contributed by atoms with E-state index in [9.17, 15) is 4.79 Å². The fraction of sp³-hybridized carbons (Fsp3) is 0.235. The third kappa shape index (κ3) is 6.58. The molecule has 9 N–H and O–H groups in total. The minimum absolute atomic E-state index is 0.0871. The maximum absolute atomic E-state index is 10.4. The molecule has 1 atom stereocenters. The number of aliphatic carboxylic acids is 1. The second-order valence-electron chi connectivity index (χ2n) is 5.33. The summed E-state index contributed by atoms with van der Waals surface area (Å²) < 4.78 is 0. The van der Waals surface area contributed by atoms with E-state index in [1.807, 2.05) is 0 Å². The maximum atomic E-state index is 10.4. The van der Waals surface area contributed by atoms with Crippen LogP contribution in [0.1, 0.15) is 11.1 Å². The molecule has 0 aromatic heterocycles. The van der Waals surface area contributed by atoms with Crippen LogP contribution in [-0.2, 0) is 17.6 Å². The first-order chi connectivity index (χ1) is 11.7. The number of hydrogen-bond acceptors (Lipinski definition) is 7. The highest BCUT2D eigenvalue weighted by Crippen LogP contribution is 2.25. The molecular weight excluding hydrogens is 328 g/mol. The van der Waals surface area contributed by atoms with Crippen LogP contribution in [0.15, 0.2) is 36.4 Å². The van der Waals surface area contributed by atoms with Crippen LogP contribution in [0.5, 0.6) is 23.0 Å². The molecule has 0 heterocycles. The molecule has 1 unspecified atom stereocenters. The van der Waals surface area contributed by atoms with Gasteiger partial charge in [0, 0.05) is 0 Å². The number of phenolic OH excluding ortho intramolecular Hbond substituents is 4. The van der Waals surface area contributed by atoms with Crippen LogP contribution >= 0.6 is 0 Å². The molecule has 0 aliphatic heterocycles. The Kier molecular flexibility index (Phi) is 7.51. The molecule has 0 aliphatic carbocycles. The van der Waals surface area contributed by atoms with E-state index in [-0.39, 0.29) is 29.4 Å². The Balaban J connectivity index is 0.000000257. The second kappa shape index (κ2) is 9.36. The maximum Gasteiger partial charge on any atom is 0.320 e. The third-order valence-corrected chi connectivity index (χ3v) is 3.29. The Morgan fingerprint density at radius 1 is 0.880 bits per heavy atom. The number of carboxylic acid groups (broad SMARTS) is 1. The predicted octanol–water partition coefficient (Wildman–Crippen LogP) is 0.651. The molecule has 0 amide bonds. The van der Waals surface area contributed by atoms with E-state index < -0.39 is 12.0 Å². The summed E-state index contributed by atoms with van der Waals surface area (Å²) in [6, 6.07) is 7.80. The van der Waals surface area contributed by atoms with Gasteiger partial charge in [-0.15, -0.1) is 0 Å². The van der Waals surface area contributed by atoms with Crippen LogP contribution in [0.3, 0.4) is 0 Å². The van der Waals surface area contributed by atoms with Gasteiger partial charge in [0.25, 0.3) is 0 Å². The molecule has 0 saturated carbocycles. The van der Waals surface area contributed by atoms with E-state index in [0.717, 1.165) is 5.56 Å². The highest BCUT2D eigenvalue weighted by atomic mass is 16.4. The number of carboxylic acids is 1. The first kappa shape index (κ1) is 20.1. The molecule has 0 bridgehead atoms. The van der Waals surface area contributed by atoms with Gasteiger partial charge in [0.05, 0.1) is 0 Å². The van der Waals surface area contributed by atoms with Gasteiger partial charge in [-0.3, -0.25) is 4.79 Å². The molecular formula is C17H22N2O6. The van der Waals surface area contributed by atoms with Crippen molar-refractivity contribution in [2.24, 2.45) is 11.5 Å².